The van der Waals surface area contributed by atoms with Gasteiger partial charge in [0.2, 0.25) is 5.91 Å². The molecule has 1 fully saturated rings. The highest BCUT2D eigenvalue weighted by Crippen LogP contribution is 2.26. The van der Waals surface area contributed by atoms with E-state index in [1.165, 1.54) is 28.6 Å². The highest BCUT2D eigenvalue weighted by molar-refractivity contribution is 7.92. The Morgan fingerprint density at radius 2 is 1.93 bits per heavy atom. The number of carbonyl (C=O) groups excluding carboxylic acids is 1. The Labute approximate surface area is 172 Å². The first-order valence-corrected chi connectivity index (χ1v) is 11.2. The lowest BCUT2D eigenvalue weighted by atomic mass is 10.0. The molecule has 0 radical (unpaired) electrons. The lowest BCUT2D eigenvalue weighted by Gasteiger charge is -2.33. The summed E-state index contributed by atoms with van der Waals surface area (Å²) in [5, 5.41) is 0.458. The fourth-order valence-corrected chi connectivity index (χ4v) is 5.00. The Hall–Kier alpha value is -2.05. The van der Waals surface area contributed by atoms with E-state index in [0.29, 0.717) is 29.7 Å². The van der Waals surface area contributed by atoms with Crippen LogP contribution < -0.4 is 4.31 Å². The molecule has 1 unspecified atom stereocenters. The van der Waals surface area contributed by atoms with Gasteiger partial charge in [0.25, 0.3) is 10.0 Å². The number of benzene rings is 2. The van der Waals surface area contributed by atoms with Gasteiger partial charge in [-0.25, -0.2) is 8.42 Å². The lowest BCUT2D eigenvalue weighted by molar-refractivity contribution is -0.131. The molecule has 1 saturated heterocycles. The van der Waals surface area contributed by atoms with Gasteiger partial charge in [0.15, 0.2) is 0 Å². The number of hydrogen-bond acceptors (Lipinski definition) is 3. The Bertz CT molecular complexity index is 944. The predicted octanol–water partition coefficient (Wildman–Crippen LogP) is 4.10. The summed E-state index contributed by atoms with van der Waals surface area (Å²) >= 11 is 5.91. The van der Waals surface area contributed by atoms with Crippen LogP contribution in [0.3, 0.4) is 0 Å². The standard InChI is InChI=1S/C21H25ClN2O3S/c1-16-5-3-7-19(13-16)24(15-21(25)23-12-4-6-17(2)14-23)28(26,27)20-10-8-18(22)9-11-20/h3,5,7-11,13,17H,4,6,12,14-15H2,1-2H3. The third kappa shape index (κ3) is 4.67. The molecule has 1 heterocycles. The molecule has 1 aliphatic rings. The fraction of sp³-hybridized carbons (Fsp3) is 0.381. The van der Waals surface area contributed by atoms with Crippen molar-refractivity contribution in [2.75, 3.05) is 23.9 Å². The molecule has 2 aromatic carbocycles. The zero-order valence-electron chi connectivity index (χ0n) is 16.1. The van der Waals surface area contributed by atoms with E-state index < -0.39 is 10.0 Å². The van der Waals surface area contributed by atoms with Crippen LogP contribution in [0.15, 0.2) is 53.4 Å². The average Bonchev–Trinajstić information content (AvgIpc) is 2.66. The van der Waals surface area contributed by atoms with E-state index in [9.17, 15) is 13.2 Å². The van der Waals surface area contributed by atoms with Crippen LogP contribution in [0, 0.1) is 12.8 Å². The number of carbonyl (C=O) groups is 1. The number of hydrogen-bond donors (Lipinski definition) is 0. The second-order valence-electron chi connectivity index (χ2n) is 7.39. The summed E-state index contributed by atoms with van der Waals surface area (Å²) in [6.45, 7) is 5.13. The van der Waals surface area contributed by atoms with Crippen LogP contribution in [0.25, 0.3) is 0 Å². The second-order valence-corrected chi connectivity index (χ2v) is 9.69. The van der Waals surface area contributed by atoms with E-state index in [2.05, 4.69) is 6.92 Å². The van der Waals surface area contributed by atoms with Gasteiger partial charge in [-0.3, -0.25) is 9.10 Å². The van der Waals surface area contributed by atoms with E-state index >= 15 is 0 Å². The number of anilines is 1. The minimum Gasteiger partial charge on any atom is -0.341 e. The summed E-state index contributed by atoms with van der Waals surface area (Å²) in [4.78, 5) is 14.8. The van der Waals surface area contributed by atoms with Gasteiger partial charge in [0.1, 0.15) is 6.54 Å². The molecular formula is C21H25ClN2O3S. The highest BCUT2D eigenvalue weighted by atomic mass is 35.5. The van der Waals surface area contributed by atoms with Gasteiger partial charge in [-0.1, -0.05) is 30.7 Å². The van der Waals surface area contributed by atoms with E-state index in [0.717, 1.165) is 18.4 Å². The number of likely N-dealkylation sites (tertiary alicyclic amines) is 1. The SMILES string of the molecule is Cc1cccc(N(CC(=O)N2CCCC(C)C2)S(=O)(=O)c2ccc(Cl)cc2)c1. The van der Waals surface area contributed by atoms with Crippen molar-refractivity contribution in [3.63, 3.8) is 0 Å². The van der Waals surface area contributed by atoms with Gasteiger partial charge in [-0.15, -0.1) is 0 Å². The third-order valence-corrected chi connectivity index (χ3v) is 7.02. The fourth-order valence-electron chi connectivity index (χ4n) is 3.47. The molecule has 2 aromatic rings. The Kier molecular flexibility index (Phi) is 6.30. The minimum atomic E-state index is -3.91. The molecule has 0 bridgehead atoms. The third-order valence-electron chi connectivity index (χ3n) is 4.98. The van der Waals surface area contributed by atoms with Gasteiger partial charge in [-0.05, 0) is 67.6 Å². The molecule has 150 valence electrons. The maximum absolute atomic E-state index is 13.4. The van der Waals surface area contributed by atoms with Crippen molar-refractivity contribution in [1.29, 1.82) is 0 Å². The molecule has 1 aliphatic heterocycles. The van der Waals surface area contributed by atoms with Crippen molar-refractivity contribution in [3.05, 3.63) is 59.1 Å². The molecule has 0 N–H and O–H groups in total. The van der Waals surface area contributed by atoms with Gasteiger partial charge in [-0.2, -0.15) is 0 Å². The summed E-state index contributed by atoms with van der Waals surface area (Å²) in [5.41, 5.74) is 1.40. The van der Waals surface area contributed by atoms with Crippen molar-refractivity contribution in [2.45, 2.75) is 31.6 Å². The summed E-state index contributed by atoms with van der Waals surface area (Å²) in [5.74, 6) is 0.253. The van der Waals surface area contributed by atoms with Crippen LogP contribution >= 0.6 is 11.6 Å². The Morgan fingerprint density at radius 3 is 2.57 bits per heavy atom. The van der Waals surface area contributed by atoms with Crippen molar-refractivity contribution >= 4 is 33.2 Å². The van der Waals surface area contributed by atoms with Gasteiger partial charge < -0.3 is 4.90 Å². The largest absolute Gasteiger partial charge is 0.341 e. The molecule has 1 amide bonds. The predicted molar refractivity (Wildman–Crippen MR) is 112 cm³/mol. The molecule has 0 aromatic heterocycles. The molecule has 7 heteroatoms. The first-order valence-electron chi connectivity index (χ1n) is 9.40. The number of piperidine rings is 1. The Balaban J connectivity index is 1.95. The number of amides is 1. The molecule has 1 atom stereocenters. The molecular weight excluding hydrogens is 396 g/mol. The second kappa shape index (κ2) is 8.53. The van der Waals surface area contributed by atoms with Crippen molar-refractivity contribution in [2.24, 2.45) is 5.92 Å². The molecule has 0 spiro atoms. The van der Waals surface area contributed by atoms with Crippen LogP contribution in [0.5, 0.6) is 0 Å². The van der Waals surface area contributed by atoms with Crippen LogP contribution in [0.1, 0.15) is 25.3 Å². The molecule has 0 aliphatic carbocycles. The summed E-state index contributed by atoms with van der Waals surface area (Å²) < 4.78 is 27.9. The summed E-state index contributed by atoms with van der Waals surface area (Å²) in [6, 6.07) is 13.2. The van der Waals surface area contributed by atoms with Crippen molar-refractivity contribution < 1.29 is 13.2 Å². The van der Waals surface area contributed by atoms with Crippen LogP contribution in [0.2, 0.25) is 5.02 Å². The topological polar surface area (TPSA) is 57.7 Å². The monoisotopic (exact) mass is 420 g/mol. The van der Waals surface area contributed by atoms with E-state index in [1.54, 1.807) is 23.1 Å². The summed E-state index contributed by atoms with van der Waals surface area (Å²) in [6.07, 6.45) is 2.04. The first-order chi connectivity index (χ1) is 13.3. The molecule has 28 heavy (non-hydrogen) atoms. The molecule has 0 saturated carbocycles. The number of aryl methyl sites for hydroxylation is 1. The quantitative estimate of drug-likeness (QED) is 0.731. The summed E-state index contributed by atoms with van der Waals surface area (Å²) in [7, 11) is -3.91. The number of rotatable bonds is 5. The smallest absolute Gasteiger partial charge is 0.264 e. The Morgan fingerprint density at radius 1 is 1.21 bits per heavy atom. The van der Waals surface area contributed by atoms with Gasteiger partial charge in [0.05, 0.1) is 10.6 Å². The van der Waals surface area contributed by atoms with Crippen molar-refractivity contribution in [3.8, 4) is 0 Å². The van der Waals surface area contributed by atoms with E-state index in [-0.39, 0.29) is 17.3 Å². The maximum atomic E-state index is 13.4. The number of nitrogens with zero attached hydrogens (tertiary/aromatic N) is 2. The van der Waals surface area contributed by atoms with E-state index in [1.807, 2.05) is 13.0 Å². The normalized spacial score (nSPS) is 17.4. The number of sulfonamides is 1. The number of halogens is 1. The van der Waals surface area contributed by atoms with Crippen molar-refractivity contribution in [1.82, 2.24) is 4.90 Å². The lowest BCUT2D eigenvalue weighted by Crippen LogP contribution is -2.46. The van der Waals surface area contributed by atoms with Crippen LogP contribution in [-0.2, 0) is 14.8 Å². The van der Waals surface area contributed by atoms with Gasteiger partial charge in [0, 0.05) is 18.1 Å². The first kappa shape index (κ1) is 20.7. The zero-order valence-corrected chi connectivity index (χ0v) is 17.7. The van der Waals surface area contributed by atoms with Crippen LogP contribution in [-0.4, -0.2) is 38.9 Å². The maximum Gasteiger partial charge on any atom is 0.264 e. The molecule has 5 nitrogen and oxygen atoms in total. The highest BCUT2D eigenvalue weighted by Gasteiger charge is 2.30. The molecule has 3 rings (SSSR count). The van der Waals surface area contributed by atoms with Gasteiger partial charge >= 0.3 is 0 Å². The zero-order chi connectivity index (χ0) is 20.3. The van der Waals surface area contributed by atoms with Crippen LogP contribution in [0.4, 0.5) is 5.69 Å². The van der Waals surface area contributed by atoms with E-state index in [4.69, 9.17) is 11.6 Å². The minimum absolute atomic E-state index is 0.109. The average molecular weight is 421 g/mol.